The highest BCUT2D eigenvalue weighted by atomic mass is 79.9. The molecule has 0 N–H and O–H groups in total. The number of para-hydroxylation sites is 1. The van der Waals surface area contributed by atoms with E-state index in [1.165, 1.54) is 0 Å². The number of halogens is 1. The van der Waals surface area contributed by atoms with E-state index in [2.05, 4.69) is 29.1 Å². The summed E-state index contributed by atoms with van der Waals surface area (Å²) in [7, 11) is 0. The molecule has 4 nitrogen and oxygen atoms in total. The number of rotatable bonds is 6. The van der Waals surface area contributed by atoms with Gasteiger partial charge in [-0.1, -0.05) is 24.3 Å². The minimum atomic E-state index is -0.320. The Hall–Kier alpha value is -1.88. The fraction of sp³-hybridized carbons (Fsp3) is 0.294. The smallest absolute Gasteiger partial charge is 0.228 e. The third-order valence-electron chi connectivity index (χ3n) is 3.63. The van der Waals surface area contributed by atoms with Crippen LogP contribution in [-0.2, 0) is 9.59 Å². The first-order valence-corrected chi connectivity index (χ1v) is 7.93. The van der Waals surface area contributed by atoms with E-state index in [1.54, 1.807) is 22.0 Å². The van der Waals surface area contributed by atoms with Crippen LogP contribution in [0.2, 0.25) is 0 Å². The lowest BCUT2D eigenvalue weighted by atomic mass is 10.1. The highest BCUT2D eigenvalue weighted by Crippen LogP contribution is 2.31. The zero-order chi connectivity index (χ0) is 16.1. The Morgan fingerprint density at radius 3 is 2.55 bits per heavy atom. The highest BCUT2D eigenvalue weighted by Gasteiger charge is 2.37. The van der Waals surface area contributed by atoms with Crippen molar-refractivity contribution in [2.45, 2.75) is 6.42 Å². The Balaban J connectivity index is 2.14. The second kappa shape index (κ2) is 7.40. The predicted octanol–water partition coefficient (Wildman–Crippen LogP) is 3.00. The van der Waals surface area contributed by atoms with E-state index in [-0.39, 0.29) is 24.2 Å². The minimum Gasteiger partial charge on any atom is -0.335 e. The molecule has 1 heterocycles. The summed E-state index contributed by atoms with van der Waals surface area (Å²) in [6, 6.07) is 7.54. The molecule has 2 rings (SSSR count). The Kier molecular flexibility index (Phi) is 5.55. The van der Waals surface area contributed by atoms with Crippen molar-refractivity contribution in [1.29, 1.82) is 0 Å². The molecule has 0 radical (unpaired) electrons. The van der Waals surface area contributed by atoms with Crippen molar-refractivity contribution >= 4 is 33.4 Å². The molecule has 0 spiro atoms. The average Bonchev–Trinajstić information content (AvgIpc) is 2.88. The van der Waals surface area contributed by atoms with Crippen molar-refractivity contribution in [3.05, 3.63) is 54.0 Å². The molecule has 5 heteroatoms. The van der Waals surface area contributed by atoms with Gasteiger partial charge in [0.1, 0.15) is 0 Å². The molecule has 1 aromatic carbocycles. The molecule has 0 aliphatic carbocycles. The second-order valence-corrected chi connectivity index (χ2v) is 6.03. The van der Waals surface area contributed by atoms with Crippen LogP contribution >= 0.6 is 15.9 Å². The summed E-state index contributed by atoms with van der Waals surface area (Å²) in [5, 5.41) is 0. The Bertz CT molecular complexity index is 590. The molecular weight excluding hydrogens is 344 g/mol. The van der Waals surface area contributed by atoms with Crippen molar-refractivity contribution in [2.75, 3.05) is 24.5 Å². The number of benzene rings is 1. The molecule has 1 aliphatic rings. The molecule has 1 atom stereocenters. The Morgan fingerprint density at radius 1 is 1.32 bits per heavy atom. The molecule has 1 fully saturated rings. The largest absolute Gasteiger partial charge is 0.335 e. The van der Waals surface area contributed by atoms with Crippen molar-refractivity contribution in [1.82, 2.24) is 4.90 Å². The summed E-state index contributed by atoms with van der Waals surface area (Å²) in [5.41, 5.74) is 0.807. The van der Waals surface area contributed by atoms with Gasteiger partial charge in [0.25, 0.3) is 0 Å². The quantitative estimate of drug-likeness (QED) is 0.729. The second-order valence-electron chi connectivity index (χ2n) is 5.18. The molecule has 0 bridgehead atoms. The molecule has 1 saturated heterocycles. The van der Waals surface area contributed by atoms with Crippen molar-refractivity contribution in [2.24, 2.45) is 5.92 Å². The summed E-state index contributed by atoms with van der Waals surface area (Å²) in [4.78, 5) is 28.2. The van der Waals surface area contributed by atoms with Gasteiger partial charge in [-0.2, -0.15) is 0 Å². The first kappa shape index (κ1) is 16.5. The summed E-state index contributed by atoms with van der Waals surface area (Å²) in [6.07, 6.45) is 3.61. The fourth-order valence-electron chi connectivity index (χ4n) is 2.60. The Labute approximate surface area is 139 Å². The normalized spacial score (nSPS) is 17.4. The van der Waals surface area contributed by atoms with Crippen molar-refractivity contribution in [3.8, 4) is 0 Å². The van der Waals surface area contributed by atoms with Gasteiger partial charge in [-0.25, -0.2) is 0 Å². The molecule has 0 aromatic heterocycles. The number of amides is 2. The molecule has 1 aromatic rings. The molecule has 1 unspecified atom stereocenters. The number of nitrogens with zero attached hydrogens (tertiary/aromatic N) is 2. The molecular formula is C17H19BrN2O2. The van der Waals surface area contributed by atoms with E-state index in [0.29, 0.717) is 19.6 Å². The standard InChI is InChI=1S/C17H19BrN2O2/c1-3-9-19(10-4-2)17(22)13-11-16(21)20(12-13)15-8-6-5-7-14(15)18/h3-8,13H,1-2,9-12H2. The van der Waals surface area contributed by atoms with E-state index >= 15 is 0 Å². The number of hydrogen-bond donors (Lipinski definition) is 0. The van der Waals surface area contributed by atoms with Crippen LogP contribution in [0.3, 0.4) is 0 Å². The fourth-order valence-corrected chi connectivity index (χ4v) is 3.10. The van der Waals surface area contributed by atoms with Gasteiger partial charge in [0.05, 0.1) is 11.6 Å². The lowest BCUT2D eigenvalue weighted by molar-refractivity contribution is -0.134. The van der Waals surface area contributed by atoms with Crippen LogP contribution in [-0.4, -0.2) is 36.3 Å². The summed E-state index contributed by atoms with van der Waals surface area (Å²) >= 11 is 3.45. The van der Waals surface area contributed by atoms with Gasteiger partial charge in [0.15, 0.2) is 0 Å². The zero-order valence-electron chi connectivity index (χ0n) is 12.4. The molecule has 1 aliphatic heterocycles. The van der Waals surface area contributed by atoms with Gasteiger partial charge >= 0.3 is 0 Å². The van der Waals surface area contributed by atoms with Gasteiger partial charge in [0.2, 0.25) is 11.8 Å². The van der Waals surface area contributed by atoms with Crippen LogP contribution in [0.15, 0.2) is 54.0 Å². The van der Waals surface area contributed by atoms with Crippen LogP contribution in [0.1, 0.15) is 6.42 Å². The van der Waals surface area contributed by atoms with E-state index in [4.69, 9.17) is 0 Å². The highest BCUT2D eigenvalue weighted by molar-refractivity contribution is 9.10. The van der Waals surface area contributed by atoms with Gasteiger partial charge in [0, 0.05) is 30.5 Å². The van der Waals surface area contributed by atoms with Gasteiger partial charge in [-0.3, -0.25) is 9.59 Å². The van der Waals surface area contributed by atoms with E-state index in [9.17, 15) is 9.59 Å². The summed E-state index contributed by atoms with van der Waals surface area (Å²) < 4.78 is 0.852. The number of carbonyl (C=O) groups excluding carboxylic acids is 2. The number of hydrogen-bond acceptors (Lipinski definition) is 2. The minimum absolute atomic E-state index is 0.0253. The van der Waals surface area contributed by atoms with Gasteiger partial charge in [-0.05, 0) is 28.1 Å². The summed E-state index contributed by atoms with van der Waals surface area (Å²) in [6.45, 7) is 8.67. The third kappa shape index (κ3) is 3.47. The van der Waals surface area contributed by atoms with Crippen LogP contribution < -0.4 is 4.90 Å². The van der Waals surface area contributed by atoms with Gasteiger partial charge < -0.3 is 9.80 Å². The monoisotopic (exact) mass is 362 g/mol. The van der Waals surface area contributed by atoms with Crippen LogP contribution in [0.25, 0.3) is 0 Å². The van der Waals surface area contributed by atoms with Crippen LogP contribution in [0.4, 0.5) is 5.69 Å². The number of anilines is 1. The lowest BCUT2D eigenvalue weighted by Crippen LogP contribution is -2.37. The van der Waals surface area contributed by atoms with Crippen LogP contribution in [0.5, 0.6) is 0 Å². The maximum atomic E-state index is 12.6. The lowest BCUT2D eigenvalue weighted by Gasteiger charge is -2.23. The van der Waals surface area contributed by atoms with Gasteiger partial charge in [-0.15, -0.1) is 13.2 Å². The first-order chi connectivity index (χ1) is 10.6. The average molecular weight is 363 g/mol. The SMILES string of the molecule is C=CCN(CC=C)C(=O)C1CC(=O)N(c2ccccc2Br)C1. The molecule has 116 valence electrons. The Morgan fingerprint density at radius 2 is 1.95 bits per heavy atom. The molecule has 22 heavy (non-hydrogen) atoms. The van der Waals surface area contributed by atoms with Crippen molar-refractivity contribution < 1.29 is 9.59 Å². The predicted molar refractivity (Wildman–Crippen MR) is 91.6 cm³/mol. The van der Waals surface area contributed by atoms with E-state index in [1.807, 2.05) is 24.3 Å². The maximum Gasteiger partial charge on any atom is 0.228 e. The van der Waals surface area contributed by atoms with E-state index in [0.717, 1.165) is 10.2 Å². The number of carbonyl (C=O) groups is 2. The third-order valence-corrected chi connectivity index (χ3v) is 4.30. The first-order valence-electron chi connectivity index (χ1n) is 7.14. The molecule has 2 amide bonds. The van der Waals surface area contributed by atoms with Crippen molar-refractivity contribution in [3.63, 3.8) is 0 Å². The van der Waals surface area contributed by atoms with E-state index < -0.39 is 0 Å². The summed E-state index contributed by atoms with van der Waals surface area (Å²) in [5.74, 6) is -0.371. The van der Waals surface area contributed by atoms with Crippen LogP contribution in [0, 0.1) is 5.92 Å². The maximum absolute atomic E-state index is 12.6. The molecule has 0 saturated carbocycles. The zero-order valence-corrected chi connectivity index (χ0v) is 14.0. The topological polar surface area (TPSA) is 40.6 Å².